The van der Waals surface area contributed by atoms with Crippen LogP contribution in [0.4, 0.5) is 5.82 Å². The summed E-state index contributed by atoms with van der Waals surface area (Å²) in [6, 6.07) is 17.2. The van der Waals surface area contributed by atoms with Gasteiger partial charge in [0.15, 0.2) is 10.8 Å². The first-order valence-corrected chi connectivity index (χ1v) is 10.3. The summed E-state index contributed by atoms with van der Waals surface area (Å²) in [4.78, 5) is 14.2. The van der Waals surface area contributed by atoms with Crippen LogP contribution < -0.4 is 10.6 Å². The molecule has 0 unspecified atom stereocenters. The molecule has 0 saturated heterocycles. The molecule has 2 heterocycles. The maximum absolute atomic E-state index is 9.67. The van der Waals surface area contributed by atoms with E-state index in [1.807, 2.05) is 6.07 Å². The number of thiocarbonyl (C=S) groups is 1. The van der Waals surface area contributed by atoms with Gasteiger partial charge in [-0.15, -0.1) is 0 Å². The number of hydrogen-bond donors (Lipinski definition) is 4. The first kappa shape index (κ1) is 20.5. The number of aromatic nitrogens is 3. The molecule has 156 valence electrons. The van der Waals surface area contributed by atoms with Crippen molar-refractivity contribution >= 4 is 34.3 Å². The maximum Gasteiger partial charge on any atom is 0.180 e. The van der Waals surface area contributed by atoms with Crippen molar-refractivity contribution in [1.29, 1.82) is 0 Å². The van der Waals surface area contributed by atoms with Gasteiger partial charge in [-0.3, -0.25) is 0 Å². The molecule has 0 saturated carbocycles. The normalized spacial score (nSPS) is 10.7. The summed E-state index contributed by atoms with van der Waals surface area (Å²) in [6.45, 7) is 2.84. The van der Waals surface area contributed by atoms with E-state index in [4.69, 9.17) is 22.2 Å². The van der Waals surface area contributed by atoms with E-state index in [0.29, 0.717) is 33.5 Å². The highest BCUT2D eigenvalue weighted by Gasteiger charge is 2.15. The van der Waals surface area contributed by atoms with Gasteiger partial charge in [-0.25, -0.2) is 15.0 Å². The van der Waals surface area contributed by atoms with Gasteiger partial charge < -0.3 is 20.8 Å². The molecule has 4 rings (SSSR count). The molecule has 0 fully saturated rings. The van der Waals surface area contributed by atoms with Crippen LogP contribution in [0.1, 0.15) is 13.3 Å². The fraction of sp³-hybridized carbons (Fsp3) is 0.130. The molecule has 0 aliphatic heterocycles. The minimum Gasteiger partial charge on any atom is -0.508 e. The van der Waals surface area contributed by atoms with Gasteiger partial charge in [0.1, 0.15) is 22.8 Å². The van der Waals surface area contributed by atoms with Gasteiger partial charge in [0.25, 0.3) is 0 Å². The quantitative estimate of drug-likeness (QED) is 0.343. The van der Waals surface area contributed by atoms with E-state index in [1.54, 1.807) is 54.6 Å². The van der Waals surface area contributed by atoms with E-state index in [2.05, 4.69) is 22.5 Å². The highest BCUT2D eigenvalue weighted by Crippen LogP contribution is 2.32. The van der Waals surface area contributed by atoms with E-state index >= 15 is 0 Å². The number of phenols is 2. The Morgan fingerprint density at radius 2 is 1.39 bits per heavy atom. The molecule has 8 heteroatoms. The predicted molar refractivity (Wildman–Crippen MR) is 126 cm³/mol. The number of hydrogen-bond acceptors (Lipinski definition) is 6. The van der Waals surface area contributed by atoms with Crippen molar-refractivity contribution in [3.63, 3.8) is 0 Å². The molecule has 0 amide bonds. The second-order valence-corrected chi connectivity index (χ2v) is 7.34. The summed E-state index contributed by atoms with van der Waals surface area (Å²) >= 11 is 5.29. The van der Waals surface area contributed by atoms with E-state index in [9.17, 15) is 10.2 Å². The SMILES string of the molecule is CCCNC(=S)Nc1ccc2nc(-c3ccc(O)cc3)c(-c3ccc(O)cc3)nc2n1. The van der Waals surface area contributed by atoms with Crippen molar-refractivity contribution in [3.8, 4) is 34.0 Å². The van der Waals surface area contributed by atoms with Gasteiger partial charge in [0, 0.05) is 17.7 Å². The van der Waals surface area contributed by atoms with Crippen LogP contribution in [0, 0.1) is 0 Å². The Hall–Kier alpha value is -3.78. The monoisotopic (exact) mass is 431 g/mol. The van der Waals surface area contributed by atoms with Crippen LogP contribution in [0.25, 0.3) is 33.7 Å². The van der Waals surface area contributed by atoms with Gasteiger partial charge in [-0.2, -0.15) is 0 Å². The van der Waals surface area contributed by atoms with Crippen molar-refractivity contribution in [2.45, 2.75) is 13.3 Å². The molecule has 7 nitrogen and oxygen atoms in total. The summed E-state index contributed by atoms with van der Waals surface area (Å²) < 4.78 is 0. The third-order valence-electron chi connectivity index (χ3n) is 4.59. The van der Waals surface area contributed by atoms with E-state index in [-0.39, 0.29) is 11.5 Å². The summed E-state index contributed by atoms with van der Waals surface area (Å²) in [7, 11) is 0. The van der Waals surface area contributed by atoms with Gasteiger partial charge in [-0.05, 0) is 79.3 Å². The third-order valence-corrected chi connectivity index (χ3v) is 4.83. The maximum atomic E-state index is 9.67. The number of benzene rings is 2. The molecule has 0 spiro atoms. The van der Waals surface area contributed by atoms with Crippen LogP contribution in [0.3, 0.4) is 0 Å². The number of rotatable bonds is 5. The first-order valence-electron chi connectivity index (χ1n) is 9.86. The lowest BCUT2D eigenvalue weighted by molar-refractivity contribution is 0.475. The van der Waals surface area contributed by atoms with E-state index in [1.165, 1.54) is 0 Å². The van der Waals surface area contributed by atoms with Gasteiger partial charge in [0.05, 0.1) is 11.4 Å². The van der Waals surface area contributed by atoms with Crippen LogP contribution in [-0.2, 0) is 0 Å². The number of fused-ring (bicyclic) bond motifs is 1. The first-order chi connectivity index (χ1) is 15.0. The summed E-state index contributed by atoms with van der Waals surface area (Å²) in [5.41, 5.74) is 3.96. The minimum absolute atomic E-state index is 0.168. The second kappa shape index (κ2) is 8.93. The molecular formula is C23H21N5O2S. The molecule has 4 N–H and O–H groups in total. The summed E-state index contributed by atoms with van der Waals surface area (Å²) in [6.07, 6.45) is 0.967. The largest absolute Gasteiger partial charge is 0.508 e. The Balaban J connectivity index is 1.81. The average Bonchev–Trinajstić information content (AvgIpc) is 2.78. The zero-order valence-corrected chi connectivity index (χ0v) is 17.6. The lowest BCUT2D eigenvalue weighted by atomic mass is 10.0. The Bertz CT molecular complexity index is 1230. The molecule has 31 heavy (non-hydrogen) atoms. The molecule has 0 radical (unpaired) electrons. The highest BCUT2D eigenvalue weighted by atomic mass is 32.1. The van der Waals surface area contributed by atoms with Crippen LogP contribution in [-0.4, -0.2) is 36.8 Å². The zero-order valence-electron chi connectivity index (χ0n) is 16.8. The number of phenolic OH excluding ortho intramolecular Hbond substituents is 2. The predicted octanol–water partition coefficient (Wildman–Crippen LogP) is 4.47. The molecule has 2 aromatic carbocycles. The van der Waals surface area contributed by atoms with Crippen LogP contribution >= 0.6 is 12.2 Å². The Kier molecular flexibility index (Phi) is 5.90. The minimum atomic E-state index is 0.168. The zero-order chi connectivity index (χ0) is 21.8. The highest BCUT2D eigenvalue weighted by molar-refractivity contribution is 7.80. The average molecular weight is 432 g/mol. The Labute approximate surface area is 184 Å². The smallest absolute Gasteiger partial charge is 0.180 e. The van der Waals surface area contributed by atoms with E-state index < -0.39 is 0 Å². The van der Waals surface area contributed by atoms with Crippen molar-refractivity contribution in [1.82, 2.24) is 20.3 Å². The number of nitrogens with one attached hydrogen (secondary N) is 2. The molecule has 0 aliphatic rings. The van der Waals surface area contributed by atoms with Crippen LogP contribution in [0.5, 0.6) is 11.5 Å². The van der Waals surface area contributed by atoms with Crippen molar-refractivity contribution in [2.75, 3.05) is 11.9 Å². The lowest BCUT2D eigenvalue weighted by Gasteiger charge is -2.12. The molecule has 0 atom stereocenters. The van der Waals surface area contributed by atoms with Crippen LogP contribution in [0.2, 0.25) is 0 Å². The van der Waals surface area contributed by atoms with Crippen molar-refractivity contribution in [3.05, 3.63) is 60.7 Å². The van der Waals surface area contributed by atoms with Crippen molar-refractivity contribution < 1.29 is 10.2 Å². The number of aromatic hydroxyl groups is 2. The van der Waals surface area contributed by atoms with Gasteiger partial charge >= 0.3 is 0 Å². The number of anilines is 1. The number of nitrogens with zero attached hydrogens (tertiary/aromatic N) is 3. The van der Waals surface area contributed by atoms with Crippen molar-refractivity contribution in [2.24, 2.45) is 0 Å². The van der Waals surface area contributed by atoms with Gasteiger partial charge in [0.2, 0.25) is 0 Å². The van der Waals surface area contributed by atoms with Gasteiger partial charge in [-0.1, -0.05) is 6.92 Å². The fourth-order valence-corrected chi connectivity index (χ4v) is 3.26. The fourth-order valence-electron chi connectivity index (χ4n) is 3.05. The molecule has 4 aromatic rings. The summed E-state index contributed by atoms with van der Waals surface area (Å²) in [5, 5.41) is 26.0. The topological polar surface area (TPSA) is 103 Å². The van der Waals surface area contributed by atoms with Crippen LogP contribution in [0.15, 0.2) is 60.7 Å². The number of pyridine rings is 1. The molecule has 2 aromatic heterocycles. The lowest BCUT2D eigenvalue weighted by Crippen LogP contribution is -2.29. The Morgan fingerprint density at radius 3 is 1.97 bits per heavy atom. The van der Waals surface area contributed by atoms with E-state index in [0.717, 1.165) is 24.1 Å². The molecule has 0 bridgehead atoms. The molecule has 0 aliphatic carbocycles. The third kappa shape index (κ3) is 4.70. The summed E-state index contributed by atoms with van der Waals surface area (Å²) in [5.74, 6) is 0.916. The standard InChI is InChI=1S/C23H21N5O2S/c1-2-13-24-23(31)27-19-12-11-18-22(26-19)28-21(15-5-9-17(30)10-6-15)20(25-18)14-3-7-16(29)8-4-14/h3-12,29-30H,2,13H2,1H3,(H2,24,26,27,28,31). The Morgan fingerprint density at radius 1 is 0.806 bits per heavy atom. The second-order valence-electron chi connectivity index (χ2n) is 6.93. The molecular weight excluding hydrogens is 410 g/mol.